The maximum absolute atomic E-state index is 4.56. The number of hydrogen-bond acceptors (Lipinski definition) is 3. The van der Waals surface area contributed by atoms with Gasteiger partial charge in [-0.25, -0.2) is 4.98 Å². The van der Waals surface area contributed by atoms with E-state index in [1.54, 1.807) is 11.3 Å². The van der Waals surface area contributed by atoms with Gasteiger partial charge in [0.1, 0.15) is 0 Å². The molecule has 3 rings (SSSR count). The van der Waals surface area contributed by atoms with Crippen LogP contribution in [0.4, 0.5) is 0 Å². The summed E-state index contributed by atoms with van der Waals surface area (Å²) >= 11 is 1.70. The summed E-state index contributed by atoms with van der Waals surface area (Å²) in [7, 11) is 0. The maximum Gasteiger partial charge on any atom is 0.194 e. The molecule has 1 saturated carbocycles. The molecule has 80 valence electrons. The first-order valence-electron chi connectivity index (χ1n) is 5.44. The lowest BCUT2D eigenvalue weighted by Gasteiger charge is -2.13. The highest BCUT2D eigenvalue weighted by Gasteiger charge is 2.25. The van der Waals surface area contributed by atoms with Crippen molar-refractivity contribution in [3.05, 3.63) is 23.0 Å². The van der Waals surface area contributed by atoms with Crippen LogP contribution in [0.2, 0.25) is 0 Å². The molecule has 1 unspecified atom stereocenters. The number of hydrogen-bond donors (Lipinski definition) is 1. The predicted octanol–water partition coefficient (Wildman–Crippen LogP) is 2.52. The summed E-state index contributed by atoms with van der Waals surface area (Å²) in [6, 6.07) is 1.14. The van der Waals surface area contributed by atoms with Crippen LogP contribution in [0.1, 0.15) is 37.2 Å². The summed E-state index contributed by atoms with van der Waals surface area (Å²) in [5.41, 5.74) is 2.47. The van der Waals surface area contributed by atoms with Gasteiger partial charge in [-0.15, -0.1) is 11.3 Å². The van der Waals surface area contributed by atoms with Crippen molar-refractivity contribution in [2.75, 3.05) is 0 Å². The molecule has 0 aliphatic heterocycles. The first-order chi connectivity index (χ1) is 7.25. The van der Waals surface area contributed by atoms with Gasteiger partial charge in [0.25, 0.3) is 0 Å². The average molecular weight is 221 g/mol. The molecule has 0 saturated heterocycles. The minimum Gasteiger partial charge on any atom is -0.306 e. The Bertz CT molecular complexity index is 481. The number of fused-ring (bicyclic) bond motifs is 1. The zero-order valence-corrected chi connectivity index (χ0v) is 9.84. The lowest BCUT2D eigenvalue weighted by molar-refractivity contribution is 0.552. The molecule has 0 aromatic carbocycles. The van der Waals surface area contributed by atoms with Crippen molar-refractivity contribution in [2.24, 2.45) is 0 Å². The van der Waals surface area contributed by atoms with Gasteiger partial charge < -0.3 is 5.32 Å². The van der Waals surface area contributed by atoms with Crippen molar-refractivity contribution < 1.29 is 0 Å². The van der Waals surface area contributed by atoms with Crippen LogP contribution in [0.25, 0.3) is 4.96 Å². The smallest absolute Gasteiger partial charge is 0.194 e. The van der Waals surface area contributed by atoms with Crippen LogP contribution in [-0.4, -0.2) is 15.4 Å². The van der Waals surface area contributed by atoms with Gasteiger partial charge in [-0.05, 0) is 26.7 Å². The second kappa shape index (κ2) is 3.32. The normalized spacial score (nSPS) is 18.5. The summed E-state index contributed by atoms with van der Waals surface area (Å²) in [6.07, 6.45) is 4.77. The van der Waals surface area contributed by atoms with Gasteiger partial charge in [-0.3, -0.25) is 4.40 Å². The number of aryl methyl sites for hydroxylation is 1. The van der Waals surface area contributed by atoms with Crippen molar-refractivity contribution in [3.63, 3.8) is 0 Å². The van der Waals surface area contributed by atoms with Gasteiger partial charge in [0.05, 0.1) is 11.4 Å². The number of aromatic nitrogens is 2. The Hall–Kier alpha value is -0.870. The number of imidazole rings is 1. The Morgan fingerprint density at radius 2 is 2.40 bits per heavy atom. The van der Waals surface area contributed by atoms with E-state index in [0.717, 1.165) is 16.7 Å². The first kappa shape index (κ1) is 9.36. The fraction of sp³-hybridized carbons (Fsp3) is 0.545. The molecule has 1 aliphatic carbocycles. The van der Waals surface area contributed by atoms with Crippen LogP contribution in [0.15, 0.2) is 11.6 Å². The molecule has 4 heteroatoms. The Morgan fingerprint density at radius 1 is 1.60 bits per heavy atom. The summed E-state index contributed by atoms with van der Waals surface area (Å²) in [6.45, 7) is 4.33. The molecular formula is C11H15N3S. The molecule has 0 amide bonds. The van der Waals surface area contributed by atoms with E-state index in [1.807, 2.05) is 0 Å². The number of thiazole rings is 1. The Balaban J connectivity index is 1.99. The van der Waals surface area contributed by atoms with Crippen molar-refractivity contribution in [1.82, 2.24) is 14.7 Å². The monoisotopic (exact) mass is 221 g/mol. The predicted molar refractivity (Wildman–Crippen MR) is 62.4 cm³/mol. The van der Waals surface area contributed by atoms with Crippen LogP contribution in [0.3, 0.4) is 0 Å². The maximum atomic E-state index is 4.56. The molecule has 1 atom stereocenters. The Labute approximate surface area is 93.1 Å². The van der Waals surface area contributed by atoms with Crippen LogP contribution in [0.5, 0.6) is 0 Å². The molecule has 0 spiro atoms. The SMILES string of the molecule is Cc1nc2sccn2c1C(C)NC1CC1. The standard InChI is InChI=1S/C11H15N3S/c1-7(12-9-3-4-9)10-8(2)13-11-14(10)5-6-15-11/h5-7,9,12H,3-4H2,1-2H3. The Kier molecular flexibility index (Phi) is 2.07. The first-order valence-corrected chi connectivity index (χ1v) is 6.32. The topological polar surface area (TPSA) is 29.3 Å². The highest BCUT2D eigenvalue weighted by atomic mass is 32.1. The molecule has 0 radical (unpaired) electrons. The highest BCUT2D eigenvalue weighted by Crippen LogP contribution is 2.27. The van der Waals surface area contributed by atoms with E-state index in [-0.39, 0.29) is 0 Å². The Morgan fingerprint density at radius 3 is 3.13 bits per heavy atom. The zero-order valence-electron chi connectivity index (χ0n) is 9.03. The molecule has 2 aromatic heterocycles. The van der Waals surface area contributed by atoms with Crippen LogP contribution in [0, 0.1) is 6.92 Å². The number of rotatable bonds is 3. The highest BCUT2D eigenvalue weighted by molar-refractivity contribution is 7.15. The minimum absolute atomic E-state index is 0.405. The lowest BCUT2D eigenvalue weighted by atomic mass is 10.2. The van der Waals surface area contributed by atoms with Gasteiger partial charge in [-0.2, -0.15) is 0 Å². The van der Waals surface area contributed by atoms with Gasteiger partial charge in [0, 0.05) is 23.7 Å². The molecule has 1 aliphatic rings. The van der Waals surface area contributed by atoms with Crippen LogP contribution in [-0.2, 0) is 0 Å². The third-order valence-electron chi connectivity index (χ3n) is 2.96. The zero-order chi connectivity index (χ0) is 10.4. The number of nitrogens with one attached hydrogen (secondary N) is 1. The van der Waals surface area contributed by atoms with E-state index in [1.165, 1.54) is 18.5 Å². The molecule has 1 N–H and O–H groups in total. The van der Waals surface area contributed by atoms with E-state index < -0.39 is 0 Å². The molecule has 1 fully saturated rings. The molecule has 3 nitrogen and oxygen atoms in total. The van der Waals surface area contributed by atoms with E-state index in [0.29, 0.717) is 6.04 Å². The van der Waals surface area contributed by atoms with Gasteiger partial charge in [-0.1, -0.05) is 0 Å². The molecule has 15 heavy (non-hydrogen) atoms. The molecule has 2 heterocycles. The molecule has 2 aromatic rings. The fourth-order valence-corrected chi connectivity index (χ4v) is 2.88. The quantitative estimate of drug-likeness (QED) is 0.863. The average Bonchev–Trinajstić information content (AvgIpc) is 2.76. The largest absolute Gasteiger partial charge is 0.306 e. The van der Waals surface area contributed by atoms with E-state index in [4.69, 9.17) is 0 Å². The summed E-state index contributed by atoms with van der Waals surface area (Å²) in [5.74, 6) is 0. The van der Waals surface area contributed by atoms with Gasteiger partial charge in [0.2, 0.25) is 0 Å². The lowest BCUT2D eigenvalue weighted by Crippen LogP contribution is -2.22. The second-order valence-corrected chi connectivity index (χ2v) is 5.17. The van der Waals surface area contributed by atoms with Crippen LogP contribution >= 0.6 is 11.3 Å². The van der Waals surface area contributed by atoms with E-state index >= 15 is 0 Å². The summed E-state index contributed by atoms with van der Waals surface area (Å²) in [4.78, 5) is 5.67. The summed E-state index contributed by atoms with van der Waals surface area (Å²) < 4.78 is 2.21. The van der Waals surface area contributed by atoms with E-state index in [9.17, 15) is 0 Å². The molecular weight excluding hydrogens is 206 g/mol. The molecule has 0 bridgehead atoms. The second-order valence-electron chi connectivity index (χ2n) is 4.30. The van der Waals surface area contributed by atoms with Gasteiger partial charge >= 0.3 is 0 Å². The fourth-order valence-electron chi connectivity index (χ4n) is 2.12. The van der Waals surface area contributed by atoms with E-state index in [2.05, 4.69) is 40.1 Å². The minimum atomic E-state index is 0.405. The van der Waals surface area contributed by atoms with Crippen molar-refractivity contribution in [2.45, 2.75) is 38.8 Å². The van der Waals surface area contributed by atoms with Crippen LogP contribution < -0.4 is 5.32 Å². The van der Waals surface area contributed by atoms with Crippen molar-refractivity contribution in [1.29, 1.82) is 0 Å². The van der Waals surface area contributed by atoms with Crippen molar-refractivity contribution in [3.8, 4) is 0 Å². The number of nitrogens with zero attached hydrogens (tertiary/aromatic N) is 2. The third-order valence-corrected chi connectivity index (χ3v) is 3.71. The van der Waals surface area contributed by atoms with Crippen molar-refractivity contribution >= 4 is 16.3 Å². The summed E-state index contributed by atoms with van der Waals surface area (Å²) in [5, 5.41) is 5.72. The van der Waals surface area contributed by atoms with Gasteiger partial charge in [0.15, 0.2) is 4.96 Å². The third kappa shape index (κ3) is 1.58.